The Morgan fingerprint density at radius 1 is 1.00 bits per heavy atom. The lowest BCUT2D eigenvalue weighted by atomic mass is 10.1. The summed E-state index contributed by atoms with van der Waals surface area (Å²) in [5, 5.41) is 0.695. The van der Waals surface area contributed by atoms with Crippen LogP contribution in [0.15, 0.2) is 30.3 Å². The molecule has 2 aromatic carbocycles. The number of ether oxygens (including phenoxy) is 3. The third-order valence-corrected chi connectivity index (χ3v) is 4.30. The van der Waals surface area contributed by atoms with Crippen molar-refractivity contribution in [2.45, 2.75) is 26.7 Å². The largest absolute Gasteiger partial charge is 0.493 e. The number of benzene rings is 2. The molecule has 24 heavy (non-hydrogen) atoms. The van der Waals surface area contributed by atoms with Gasteiger partial charge in [0.2, 0.25) is 0 Å². The van der Waals surface area contributed by atoms with Crippen LogP contribution >= 0.6 is 11.6 Å². The average Bonchev–Trinajstić information content (AvgIpc) is 2.57. The normalized spacial score (nSPS) is 10.4. The first kappa shape index (κ1) is 18.1. The molecule has 0 atom stereocenters. The number of rotatable bonds is 6. The van der Waals surface area contributed by atoms with Crippen molar-refractivity contribution in [1.29, 1.82) is 0 Å². The zero-order valence-corrected chi connectivity index (χ0v) is 15.1. The van der Waals surface area contributed by atoms with Gasteiger partial charge >= 0.3 is 5.97 Å². The number of hydrogen-bond donors (Lipinski definition) is 0. The maximum absolute atomic E-state index is 12.1. The molecule has 0 spiro atoms. The molecule has 0 fully saturated rings. The molecule has 0 bridgehead atoms. The molecule has 0 unspecified atom stereocenters. The lowest BCUT2D eigenvalue weighted by Crippen LogP contribution is -2.09. The van der Waals surface area contributed by atoms with Crippen LogP contribution in [0.25, 0.3) is 0 Å². The topological polar surface area (TPSA) is 44.8 Å². The summed E-state index contributed by atoms with van der Waals surface area (Å²) in [5.41, 5.74) is 2.76. The van der Waals surface area contributed by atoms with Crippen LogP contribution in [0.5, 0.6) is 17.2 Å². The van der Waals surface area contributed by atoms with Gasteiger partial charge in [-0.3, -0.25) is 4.79 Å². The van der Waals surface area contributed by atoms with Crippen LogP contribution in [0.3, 0.4) is 0 Å². The van der Waals surface area contributed by atoms with E-state index >= 15 is 0 Å². The van der Waals surface area contributed by atoms with E-state index in [4.69, 9.17) is 25.8 Å². The monoisotopic (exact) mass is 348 g/mol. The van der Waals surface area contributed by atoms with Crippen molar-refractivity contribution in [1.82, 2.24) is 0 Å². The Morgan fingerprint density at radius 3 is 2.21 bits per heavy atom. The maximum atomic E-state index is 12.1. The Bertz CT molecular complexity index is 717. The van der Waals surface area contributed by atoms with Crippen molar-refractivity contribution in [2.24, 2.45) is 0 Å². The van der Waals surface area contributed by atoms with Crippen molar-refractivity contribution in [3.05, 3.63) is 52.0 Å². The lowest BCUT2D eigenvalue weighted by molar-refractivity contribution is -0.134. The third kappa shape index (κ3) is 4.42. The minimum Gasteiger partial charge on any atom is -0.493 e. The van der Waals surface area contributed by atoms with E-state index in [1.807, 2.05) is 32.0 Å². The first-order valence-electron chi connectivity index (χ1n) is 7.63. The summed E-state index contributed by atoms with van der Waals surface area (Å²) in [6, 6.07) is 9.13. The van der Waals surface area contributed by atoms with Crippen molar-refractivity contribution >= 4 is 17.6 Å². The minimum absolute atomic E-state index is 0.274. The number of aryl methyl sites for hydroxylation is 3. The highest BCUT2D eigenvalue weighted by molar-refractivity contribution is 6.32. The molecule has 0 aliphatic heterocycles. The second-order valence-corrected chi connectivity index (χ2v) is 5.91. The molecule has 0 aliphatic carbocycles. The zero-order valence-electron chi connectivity index (χ0n) is 14.3. The summed E-state index contributed by atoms with van der Waals surface area (Å²) in [7, 11) is 3.17. The molecule has 0 N–H and O–H groups in total. The molecule has 5 heteroatoms. The highest BCUT2D eigenvalue weighted by Gasteiger charge is 2.10. The Balaban J connectivity index is 1.98. The highest BCUT2D eigenvalue weighted by atomic mass is 35.5. The van der Waals surface area contributed by atoms with Gasteiger partial charge in [0.25, 0.3) is 0 Å². The number of hydrogen-bond acceptors (Lipinski definition) is 4. The van der Waals surface area contributed by atoms with E-state index in [1.54, 1.807) is 26.4 Å². The highest BCUT2D eigenvalue weighted by Crippen LogP contribution is 2.28. The van der Waals surface area contributed by atoms with Gasteiger partial charge in [-0.15, -0.1) is 0 Å². The zero-order chi connectivity index (χ0) is 17.7. The van der Waals surface area contributed by atoms with Crippen molar-refractivity contribution in [3.63, 3.8) is 0 Å². The van der Waals surface area contributed by atoms with Gasteiger partial charge in [-0.1, -0.05) is 17.7 Å². The van der Waals surface area contributed by atoms with E-state index in [0.29, 0.717) is 28.7 Å². The van der Waals surface area contributed by atoms with Gasteiger partial charge in [0, 0.05) is 11.4 Å². The van der Waals surface area contributed by atoms with E-state index < -0.39 is 0 Å². The third-order valence-electron chi connectivity index (χ3n) is 3.71. The van der Waals surface area contributed by atoms with E-state index in [2.05, 4.69) is 0 Å². The molecule has 0 aliphatic rings. The molecule has 0 amide bonds. The van der Waals surface area contributed by atoms with Gasteiger partial charge in [0.1, 0.15) is 5.75 Å². The standard InChI is InChI=1S/C19H21ClO4/c1-12-9-15(10-13(2)19(12)20)24-18(21)8-6-14-5-7-16(22-3)17(11-14)23-4/h5,7,9-11H,6,8H2,1-4H3. The summed E-state index contributed by atoms with van der Waals surface area (Å²) in [5.74, 6) is 1.54. The second-order valence-electron chi connectivity index (χ2n) is 5.53. The van der Waals surface area contributed by atoms with Crippen LogP contribution in [-0.4, -0.2) is 20.2 Å². The van der Waals surface area contributed by atoms with Crippen LogP contribution in [-0.2, 0) is 11.2 Å². The van der Waals surface area contributed by atoms with Crippen LogP contribution in [0.4, 0.5) is 0 Å². The molecule has 0 saturated carbocycles. The van der Waals surface area contributed by atoms with E-state index in [9.17, 15) is 4.79 Å². The lowest BCUT2D eigenvalue weighted by Gasteiger charge is -2.10. The second kappa shape index (κ2) is 8.06. The smallest absolute Gasteiger partial charge is 0.311 e. The Labute approximate surface area is 147 Å². The molecule has 0 radical (unpaired) electrons. The number of methoxy groups -OCH3 is 2. The molecule has 0 heterocycles. The summed E-state index contributed by atoms with van der Waals surface area (Å²) in [4.78, 5) is 12.1. The Hall–Kier alpha value is -2.20. The molecular formula is C19H21ClO4. The first-order valence-corrected chi connectivity index (χ1v) is 8.00. The van der Waals surface area contributed by atoms with Gasteiger partial charge in [-0.25, -0.2) is 0 Å². The maximum Gasteiger partial charge on any atom is 0.311 e. The molecule has 0 aromatic heterocycles. The molecule has 2 aromatic rings. The minimum atomic E-state index is -0.286. The van der Waals surface area contributed by atoms with Crippen LogP contribution < -0.4 is 14.2 Å². The quantitative estimate of drug-likeness (QED) is 0.569. The number of carbonyl (C=O) groups is 1. The number of carbonyl (C=O) groups excluding carboxylic acids is 1. The van der Waals surface area contributed by atoms with E-state index in [1.165, 1.54) is 0 Å². The number of halogens is 1. The molecule has 0 saturated heterocycles. The molecule has 128 valence electrons. The van der Waals surface area contributed by atoms with Crippen LogP contribution in [0.1, 0.15) is 23.1 Å². The van der Waals surface area contributed by atoms with Crippen LogP contribution in [0, 0.1) is 13.8 Å². The molecule has 2 rings (SSSR count). The van der Waals surface area contributed by atoms with Gasteiger partial charge in [0.05, 0.1) is 14.2 Å². The molecule has 4 nitrogen and oxygen atoms in total. The first-order chi connectivity index (χ1) is 11.4. The summed E-state index contributed by atoms with van der Waals surface area (Å²) in [6.07, 6.45) is 0.834. The van der Waals surface area contributed by atoms with Gasteiger partial charge in [0.15, 0.2) is 11.5 Å². The fourth-order valence-corrected chi connectivity index (χ4v) is 2.54. The van der Waals surface area contributed by atoms with Gasteiger partial charge < -0.3 is 14.2 Å². The summed E-state index contributed by atoms with van der Waals surface area (Å²) >= 11 is 6.12. The predicted octanol–water partition coefficient (Wildman–Crippen LogP) is 4.51. The van der Waals surface area contributed by atoms with Gasteiger partial charge in [-0.05, 0) is 61.2 Å². The Kier molecular flexibility index (Phi) is 6.10. The average molecular weight is 349 g/mol. The summed E-state index contributed by atoms with van der Waals surface area (Å²) in [6.45, 7) is 3.77. The predicted molar refractivity (Wildman–Crippen MR) is 94.4 cm³/mol. The molecular weight excluding hydrogens is 328 g/mol. The van der Waals surface area contributed by atoms with Gasteiger partial charge in [-0.2, -0.15) is 0 Å². The van der Waals surface area contributed by atoms with Crippen molar-refractivity contribution < 1.29 is 19.0 Å². The number of esters is 1. The van der Waals surface area contributed by atoms with E-state index in [0.717, 1.165) is 16.7 Å². The fourth-order valence-electron chi connectivity index (χ4n) is 2.43. The fraction of sp³-hybridized carbons (Fsp3) is 0.316. The van der Waals surface area contributed by atoms with Crippen LogP contribution in [0.2, 0.25) is 5.02 Å². The Morgan fingerprint density at radius 2 is 1.62 bits per heavy atom. The van der Waals surface area contributed by atoms with Crippen molar-refractivity contribution in [2.75, 3.05) is 14.2 Å². The summed E-state index contributed by atoms with van der Waals surface area (Å²) < 4.78 is 15.9. The SMILES string of the molecule is COc1ccc(CCC(=O)Oc2cc(C)c(Cl)c(C)c2)cc1OC. The van der Waals surface area contributed by atoms with Crippen molar-refractivity contribution in [3.8, 4) is 17.2 Å². The van der Waals surface area contributed by atoms with E-state index in [-0.39, 0.29) is 12.4 Å².